The zero-order chi connectivity index (χ0) is 13.5. The van der Waals surface area contributed by atoms with Crippen LogP contribution in [0.4, 0.5) is 0 Å². The quantitative estimate of drug-likeness (QED) is 0.733. The number of ether oxygens (including phenoxy) is 1. The SMILES string of the molecule is CN1CC[C@]23c4c5ccc(O)c4O[C@H]2CC=CC3C1C5. The number of hydrogen-bond acceptors (Lipinski definition) is 3. The summed E-state index contributed by atoms with van der Waals surface area (Å²) in [6, 6.07) is 4.50. The zero-order valence-corrected chi connectivity index (χ0v) is 11.7. The summed E-state index contributed by atoms with van der Waals surface area (Å²) in [4.78, 5) is 2.51. The Hall–Kier alpha value is -1.48. The van der Waals surface area contributed by atoms with E-state index in [1.54, 1.807) is 0 Å². The second-order valence-electron chi connectivity index (χ2n) is 6.79. The van der Waals surface area contributed by atoms with Gasteiger partial charge in [0.05, 0.1) is 0 Å². The molecule has 2 bridgehead atoms. The molecule has 1 N–H and O–H groups in total. The third-order valence-electron chi connectivity index (χ3n) is 6.10. The summed E-state index contributed by atoms with van der Waals surface area (Å²) in [5, 5.41) is 10.2. The highest BCUT2D eigenvalue weighted by Crippen LogP contribution is 2.62. The number of nitrogens with zero attached hydrogens (tertiary/aromatic N) is 1. The molecule has 4 atom stereocenters. The molecule has 1 aromatic rings. The van der Waals surface area contributed by atoms with E-state index < -0.39 is 0 Å². The Balaban J connectivity index is 1.84. The van der Waals surface area contributed by atoms with Crippen LogP contribution in [0.5, 0.6) is 11.5 Å². The summed E-state index contributed by atoms with van der Waals surface area (Å²) in [5.74, 6) is 1.64. The summed E-state index contributed by atoms with van der Waals surface area (Å²) in [6.07, 6.45) is 8.11. The molecule has 1 aromatic carbocycles. The molecule has 1 spiro atoms. The van der Waals surface area contributed by atoms with Crippen LogP contribution in [0.3, 0.4) is 0 Å². The molecule has 2 aliphatic carbocycles. The van der Waals surface area contributed by atoms with Gasteiger partial charge in [0.25, 0.3) is 0 Å². The minimum absolute atomic E-state index is 0.119. The van der Waals surface area contributed by atoms with Crippen LogP contribution < -0.4 is 4.74 Å². The molecular weight excluding hydrogens is 250 g/mol. The minimum atomic E-state index is 0.119. The van der Waals surface area contributed by atoms with Crippen LogP contribution >= 0.6 is 0 Å². The molecule has 1 saturated heterocycles. The van der Waals surface area contributed by atoms with Gasteiger partial charge < -0.3 is 14.7 Å². The van der Waals surface area contributed by atoms with Crippen LogP contribution in [0.1, 0.15) is 24.0 Å². The van der Waals surface area contributed by atoms with E-state index in [1.807, 2.05) is 6.07 Å². The number of benzene rings is 1. The zero-order valence-electron chi connectivity index (χ0n) is 11.7. The Morgan fingerprint density at radius 2 is 2.30 bits per heavy atom. The van der Waals surface area contributed by atoms with E-state index >= 15 is 0 Å². The fourth-order valence-electron chi connectivity index (χ4n) is 5.21. The van der Waals surface area contributed by atoms with E-state index in [2.05, 4.69) is 30.2 Å². The molecule has 2 unspecified atom stereocenters. The first-order chi connectivity index (χ1) is 9.72. The average molecular weight is 269 g/mol. The fraction of sp³-hybridized carbons (Fsp3) is 0.529. The van der Waals surface area contributed by atoms with E-state index in [0.717, 1.165) is 31.6 Å². The molecule has 1 fully saturated rings. The molecule has 0 radical (unpaired) electrons. The lowest BCUT2D eigenvalue weighted by Crippen LogP contribution is -2.62. The maximum Gasteiger partial charge on any atom is 0.165 e. The van der Waals surface area contributed by atoms with Crippen molar-refractivity contribution in [3.63, 3.8) is 0 Å². The number of hydrogen-bond donors (Lipinski definition) is 1. The van der Waals surface area contributed by atoms with Crippen molar-refractivity contribution in [3.05, 3.63) is 35.4 Å². The van der Waals surface area contributed by atoms with Gasteiger partial charge in [0.15, 0.2) is 11.5 Å². The third kappa shape index (κ3) is 1.05. The largest absolute Gasteiger partial charge is 0.504 e. The van der Waals surface area contributed by atoms with Gasteiger partial charge in [-0.15, -0.1) is 0 Å². The molecule has 104 valence electrons. The highest BCUT2D eigenvalue weighted by atomic mass is 16.5. The standard InChI is InChI=1S/C17H19NO2/c1-18-8-7-17-11-3-2-4-14(17)20-16-13(19)6-5-10(15(16)17)9-12(11)18/h2-3,5-6,11-12,14,19H,4,7-9H2,1H3/t11?,12?,14-,17+/m0/s1. The van der Waals surface area contributed by atoms with Crippen LogP contribution in [0, 0.1) is 5.92 Å². The van der Waals surface area contributed by atoms with Gasteiger partial charge in [-0.05, 0) is 38.1 Å². The normalized spacial score (nSPS) is 40.4. The number of piperidine rings is 1. The minimum Gasteiger partial charge on any atom is -0.504 e. The average Bonchev–Trinajstić information content (AvgIpc) is 2.79. The Kier molecular flexibility index (Phi) is 1.90. The maximum absolute atomic E-state index is 10.2. The van der Waals surface area contributed by atoms with Gasteiger partial charge in [-0.1, -0.05) is 18.2 Å². The first kappa shape index (κ1) is 11.2. The Morgan fingerprint density at radius 3 is 3.20 bits per heavy atom. The summed E-state index contributed by atoms with van der Waals surface area (Å²) >= 11 is 0. The van der Waals surface area contributed by atoms with E-state index in [4.69, 9.17) is 4.74 Å². The second kappa shape index (κ2) is 3.40. The molecule has 20 heavy (non-hydrogen) atoms. The maximum atomic E-state index is 10.2. The van der Waals surface area contributed by atoms with Crippen LogP contribution in [0.15, 0.2) is 24.3 Å². The lowest BCUT2D eigenvalue weighted by atomic mass is 9.54. The number of likely N-dealkylation sites (N-methyl/N-ethyl adjacent to an activating group) is 1. The van der Waals surface area contributed by atoms with Gasteiger partial charge in [0.2, 0.25) is 0 Å². The Bertz CT molecular complexity index is 638. The van der Waals surface area contributed by atoms with Gasteiger partial charge >= 0.3 is 0 Å². The summed E-state index contributed by atoms with van der Waals surface area (Å²) in [5.41, 5.74) is 2.85. The van der Waals surface area contributed by atoms with Crippen molar-refractivity contribution in [3.8, 4) is 11.5 Å². The van der Waals surface area contributed by atoms with Crippen LogP contribution in [-0.2, 0) is 11.8 Å². The van der Waals surface area contributed by atoms with E-state index in [1.165, 1.54) is 11.1 Å². The van der Waals surface area contributed by atoms with E-state index in [0.29, 0.717) is 17.7 Å². The third-order valence-corrected chi connectivity index (χ3v) is 6.10. The van der Waals surface area contributed by atoms with Crippen molar-refractivity contribution in [2.24, 2.45) is 5.92 Å². The highest BCUT2D eigenvalue weighted by molar-refractivity contribution is 5.61. The van der Waals surface area contributed by atoms with Crippen LogP contribution in [0.25, 0.3) is 0 Å². The Morgan fingerprint density at radius 1 is 1.40 bits per heavy atom. The van der Waals surface area contributed by atoms with E-state index in [9.17, 15) is 5.11 Å². The summed E-state index contributed by atoms with van der Waals surface area (Å²) in [7, 11) is 2.25. The number of likely N-dealkylation sites (tertiary alicyclic amines) is 1. The predicted octanol–water partition coefficient (Wildman–Crippen LogP) is 2.23. The van der Waals surface area contributed by atoms with Gasteiger partial charge in [-0.3, -0.25) is 0 Å². The number of rotatable bonds is 0. The van der Waals surface area contributed by atoms with Gasteiger partial charge in [0.1, 0.15) is 6.10 Å². The monoisotopic (exact) mass is 269 g/mol. The molecule has 3 heteroatoms. The van der Waals surface area contributed by atoms with Crippen molar-refractivity contribution in [2.75, 3.05) is 13.6 Å². The number of phenolic OH excluding ortho intramolecular Hbond substituents is 1. The lowest BCUT2D eigenvalue weighted by molar-refractivity contribution is 0.00197. The summed E-state index contributed by atoms with van der Waals surface area (Å²) < 4.78 is 6.22. The van der Waals surface area contributed by atoms with Crippen molar-refractivity contribution >= 4 is 0 Å². The lowest BCUT2D eigenvalue weighted by Gasteiger charge is -2.55. The topological polar surface area (TPSA) is 32.7 Å². The first-order valence-electron chi connectivity index (χ1n) is 7.60. The molecular formula is C17H19NO2. The molecule has 5 rings (SSSR count). The number of phenols is 1. The molecule has 0 saturated carbocycles. The smallest absolute Gasteiger partial charge is 0.165 e. The predicted molar refractivity (Wildman–Crippen MR) is 76.2 cm³/mol. The molecule has 0 aromatic heterocycles. The fourth-order valence-corrected chi connectivity index (χ4v) is 5.21. The van der Waals surface area contributed by atoms with Crippen molar-refractivity contribution < 1.29 is 9.84 Å². The van der Waals surface area contributed by atoms with Crippen LogP contribution in [0.2, 0.25) is 0 Å². The van der Waals surface area contributed by atoms with E-state index in [-0.39, 0.29) is 11.5 Å². The second-order valence-corrected chi connectivity index (χ2v) is 6.79. The van der Waals surface area contributed by atoms with Gasteiger partial charge in [-0.25, -0.2) is 0 Å². The first-order valence-corrected chi connectivity index (χ1v) is 7.60. The van der Waals surface area contributed by atoms with Crippen LogP contribution in [-0.4, -0.2) is 35.7 Å². The van der Waals surface area contributed by atoms with Crippen molar-refractivity contribution in [1.29, 1.82) is 0 Å². The van der Waals surface area contributed by atoms with Gasteiger partial charge in [0, 0.05) is 29.4 Å². The molecule has 2 heterocycles. The Labute approximate surface area is 118 Å². The molecule has 3 nitrogen and oxygen atoms in total. The molecule has 0 amide bonds. The van der Waals surface area contributed by atoms with Crippen molar-refractivity contribution in [2.45, 2.75) is 36.8 Å². The molecule has 2 aliphatic heterocycles. The summed E-state index contributed by atoms with van der Waals surface area (Å²) in [6.45, 7) is 1.13. The molecule has 4 aliphatic rings. The van der Waals surface area contributed by atoms with Gasteiger partial charge in [-0.2, -0.15) is 0 Å². The number of aromatic hydroxyl groups is 1. The van der Waals surface area contributed by atoms with Crippen molar-refractivity contribution in [1.82, 2.24) is 4.90 Å². The highest BCUT2D eigenvalue weighted by Gasteiger charge is 2.61.